The van der Waals surface area contributed by atoms with Crippen LogP contribution in [0.1, 0.15) is 43.2 Å². The zero-order valence-electron chi connectivity index (χ0n) is 9.56. The van der Waals surface area contributed by atoms with Gasteiger partial charge in [-0.2, -0.15) is 0 Å². The number of hydrogen-bond acceptors (Lipinski definition) is 3. The third-order valence-electron chi connectivity index (χ3n) is 3.68. The summed E-state index contributed by atoms with van der Waals surface area (Å²) in [6, 6.07) is 0.180. The molecule has 2 aliphatic heterocycles. The molecule has 1 saturated heterocycles. The van der Waals surface area contributed by atoms with Crippen molar-refractivity contribution in [3.63, 3.8) is 0 Å². The van der Waals surface area contributed by atoms with E-state index in [1.165, 1.54) is 25.0 Å². The smallest absolute Gasteiger partial charge is 0.111 e. The van der Waals surface area contributed by atoms with E-state index in [4.69, 9.17) is 10.5 Å². The Bertz CT molecular complexity index is 368. The van der Waals surface area contributed by atoms with E-state index < -0.39 is 0 Å². The zero-order chi connectivity index (χ0) is 11.0. The van der Waals surface area contributed by atoms with Gasteiger partial charge in [0, 0.05) is 25.6 Å². The molecule has 2 N–H and O–H groups in total. The summed E-state index contributed by atoms with van der Waals surface area (Å²) in [6.07, 6.45) is 7.91. The number of ether oxygens (including phenoxy) is 1. The van der Waals surface area contributed by atoms with Gasteiger partial charge < -0.3 is 15.0 Å². The first-order valence-electron chi connectivity index (χ1n) is 6.26. The summed E-state index contributed by atoms with van der Waals surface area (Å²) in [6.45, 7) is 1.99. The van der Waals surface area contributed by atoms with Crippen LogP contribution in [0, 0.1) is 0 Å². The molecule has 16 heavy (non-hydrogen) atoms. The Kier molecular flexibility index (Phi) is 2.69. The average molecular weight is 221 g/mol. The summed E-state index contributed by atoms with van der Waals surface area (Å²) in [7, 11) is 0. The van der Waals surface area contributed by atoms with E-state index in [0.29, 0.717) is 6.10 Å². The zero-order valence-corrected chi connectivity index (χ0v) is 9.56. The Labute approximate surface area is 95.8 Å². The first-order valence-corrected chi connectivity index (χ1v) is 6.26. The van der Waals surface area contributed by atoms with Crippen LogP contribution in [-0.2, 0) is 17.7 Å². The molecule has 2 unspecified atom stereocenters. The maximum atomic E-state index is 6.08. The molecule has 3 rings (SSSR count). The van der Waals surface area contributed by atoms with Gasteiger partial charge in [0.05, 0.1) is 18.0 Å². The molecule has 88 valence electrons. The Balaban J connectivity index is 1.79. The summed E-state index contributed by atoms with van der Waals surface area (Å²) >= 11 is 0. The van der Waals surface area contributed by atoms with Crippen LogP contribution in [0.5, 0.6) is 0 Å². The third-order valence-corrected chi connectivity index (χ3v) is 3.68. The summed E-state index contributed by atoms with van der Waals surface area (Å²) in [4.78, 5) is 4.51. The van der Waals surface area contributed by atoms with Crippen molar-refractivity contribution in [2.75, 3.05) is 6.61 Å². The molecule has 0 saturated carbocycles. The summed E-state index contributed by atoms with van der Waals surface area (Å²) in [5, 5.41) is 0. The molecule has 0 aromatic carbocycles. The van der Waals surface area contributed by atoms with Gasteiger partial charge in [-0.1, -0.05) is 0 Å². The minimum Gasteiger partial charge on any atom is -0.378 e. The lowest BCUT2D eigenvalue weighted by atomic mass is 10.1. The van der Waals surface area contributed by atoms with Crippen LogP contribution in [0.4, 0.5) is 0 Å². The Hall–Kier alpha value is -0.870. The van der Waals surface area contributed by atoms with Crippen molar-refractivity contribution in [2.24, 2.45) is 5.73 Å². The molecule has 4 nitrogen and oxygen atoms in total. The first-order chi connectivity index (χ1) is 7.84. The number of nitrogens with two attached hydrogens (primary N) is 1. The molecular formula is C12H19N3O. The fraction of sp³-hybridized carbons (Fsp3) is 0.750. The van der Waals surface area contributed by atoms with E-state index in [1.807, 2.05) is 6.20 Å². The molecule has 1 fully saturated rings. The highest BCUT2D eigenvalue weighted by Crippen LogP contribution is 2.25. The molecule has 0 bridgehead atoms. The predicted molar refractivity (Wildman–Crippen MR) is 61.1 cm³/mol. The first kappa shape index (κ1) is 10.3. The van der Waals surface area contributed by atoms with Gasteiger partial charge in [0.2, 0.25) is 0 Å². The second-order valence-corrected chi connectivity index (χ2v) is 4.84. The summed E-state index contributed by atoms with van der Waals surface area (Å²) < 4.78 is 7.96. The molecule has 0 amide bonds. The van der Waals surface area contributed by atoms with Gasteiger partial charge in [0.1, 0.15) is 5.82 Å². The van der Waals surface area contributed by atoms with Crippen molar-refractivity contribution >= 4 is 0 Å². The molecule has 2 aliphatic rings. The monoisotopic (exact) mass is 221 g/mol. The van der Waals surface area contributed by atoms with Crippen LogP contribution in [0.3, 0.4) is 0 Å². The van der Waals surface area contributed by atoms with Crippen LogP contribution in [-0.4, -0.2) is 22.3 Å². The molecule has 2 atom stereocenters. The minimum atomic E-state index is 0.180. The number of imidazole rings is 1. The number of hydrogen-bond donors (Lipinski definition) is 1. The summed E-state index contributed by atoms with van der Waals surface area (Å²) in [5.41, 5.74) is 7.28. The van der Waals surface area contributed by atoms with Crippen LogP contribution in [0.25, 0.3) is 0 Å². The van der Waals surface area contributed by atoms with Gasteiger partial charge >= 0.3 is 0 Å². The molecular weight excluding hydrogens is 202 g/mol. The lowest BCUT2D eigenvalue weighted by Crippen LogP contribution is -2.23. The van der Waals surface area contributed by atoms with E-state index in [1.54, 1.807) is 0 Å². The highest BCUT2D eigenvalue weighted by atomic mass is 16.5. The number of rotatable bonds is 2. The van der Waals surface area contributed by atoms with Gasteiger partial charge in [0.25, 0.3) is 0 Å². The fourth-order valence-electron chi connectivity index (χ4n) is 2.77. The van der Waals surface area contributed by atoms with E-state index >= 15 is 0 Å². The van der Waals surface area contributed by atoms with Gasteiger partial charge in [-0.15, -0.1) is 0 Å². The highest BCUT2D eigenvalue weighted by Gasteiger charge is 2.23. The molecule has 0 aliphatic carbocycles. The maximum absolute atomic E-state index is 6.08. The average Bonchev–Trinajstić information content (AvgIpc) is 2.90. The van der Waals surface area contributed by atoms with Crippen molar-refractivity contribution in [1.29, 1.82) is 0 Å². The van der Waals surface area contributed by atoms with Crippen LogP contribution in [0.15, 0.2) is 6.20 Å². The SMILES string of the molecule is NC1CCCn2c1cnc2CC1CCCO1. The molecule has 0 spiro atoms. The van der Waals surface area contributed by atoms with Crippen molar-refractivity contribution in [1.82, 2.24) is 9.55 Å². The highest BCUT2D eigenvalue weighted by molar-refractivity contribution is 5.12. The molecule has 1 aromatic heterocycles. The lowest BCUT2D eigenvalue weighted by molar-refractivity contribution is 0.109. The van der Waals surface area contributed by atoms with Gasteiger partial charge in [-0.05, 0) is 25.7 Å². The number of aromatic nitrogens is 2. The van der Waals surface area contributed by atoms with Crippen LogP contribution < -0.4 is 5.73 Å². The van der Waals surface area contributed by atoms with Crippen molar-refractivity contribution in [3.8, 4) is 0 Å². The van der Waals surface area contributed by atoms with Crippen molar-refractivity contribution in [2.45, 2.75) is 50.8 Å². The van der Waals surface area contributed by atoms with E-state index in [2.05, 4.69) is 9.55 Å². The Morgan fingerprint density at radius 3 is 3.19 bits per heavy atom. The van der Waals surface area contributed by atoms with Crippen LogP contribution in [0.2, 0.25) is 0 Å². The van der Waals surface area contributed by atoms with Gasteiger partial charge in [0.15, 0.2) is 0 Å². The second-order valence-electron chi connectivity index (χ2n) is 4.84. The fourth-order valence-corrected chi connectivity index (χ4v) is 2.77. The Morgan fingerprint density at radius 2 is 2.38 bits per heavy atom. The molecule has 4 heteroatoms. The second kappa shape index (κ2) is 4.18. The topological polar surface area (TPSA) is 53.1 Å². The quantitative estimate of drug-likeness (QED) is 0.821. The normalized spacial score (nSPS) is 29.3. The summed E-state index contributed by atoms with van der Waals surface area (Å²) in [5.74, 6) is 1.16. The van der Waals surface area contributed by atoms with E-state index in [0.717, 1.165) is 31.8 Å². The molecule has 3 heterocycles. The molecule has 1 aromatic rings. The van der Waals surface area contributed by atoms with Crippen molar-refractivity contribution in [3.05, 3.63) is 17.7 Å². The standard InChI is InChI=1S/C12H19N3O/c13-10-4-1-5-15-11(10)8-14-12(15)7-9-3-2-6-16-9/h8-10H,1-7,13H2. The Morgan fingerprint density at radius 1 is 1.44 bits per heavy atom. The van der Waals surface area contributed by atoms with Gasteiger partial charge in [-0.3, -0.25) is 0 Å². The third kappa shape index (κ3) is 1.76. The van der Waals surface area contributed by atoms with E-state index in [9.17, 15) is 0 Å². The number of nitrogens with zero attached hydrogens (tertiary/aromatic N) is 2. The number of fused-ring (bicyclic) bond motifs is 1. The van der Waals surface area contributed by atoms with Gasteiger partial charge in [-0.25, -0.2) is 4.98 Å². The maximum Gasteiger partial charge on any atom is 0.111 e. The largest absolute Gasteiger partial charge is 0.378 e. The lowest BCUT2D eigenvalue weighted by Gasteiger charge is -2.22. The van der Waals surface area contributed by atoms with Crippen LogP contribution >= 0.6 is 0 Å². The van der Waals surface area contributed by atoms with E-state index in [-0.39, 0.29) is 6.04 Å². The molecule has 0 radical (unpaired) electrons. The minimum absolute atomic E-state index is 0.180. The van der Waals surface area contributed by atoms with Crippen molar-refractivity contribution < 1.29 is 4.74 Å². The predicted octanol–water partition coefficient (Wildman–Crippen LogP) is 1.40.